The van der Waals surface area contributed by atoms with Crippen LogP contribution in [0.25, 0.3) is 11.4 Å². The summed E-state index contributed by atoms with van der Waals surface area (Å²) in [4.78, 5) is 7.37. The van der Waals surface area contributed by atoms with E-state index in [1.165, 1.54) is 0 Å². The van der Waals surface area contributed by atoms with Crippen LogP contribution < -0.4 is 0 Å². The van der Waals surface area contributed by atoms with Gasteiger partial charge < -0.3 is 4.98 Å². The van der Waals surface area contributed by atoms with Gasteiger partial charge in [-0.3, -0.25) is 0 Å². The van der Waals surface area contributed by atoms with Crippen molar-refractivity contribution in [3.05, 3.63) is 39.6 Å². The van der Waals surface area contributed by atoms with Crippen LogP contribution in [-0.2, 0) is 0 Å². The third-order valence-electron chi connectivity index (χ3n) is 1.89. The van der Waals surface area contributed by atoms with Crippen molar-refractivity contribution in [2.45, 2.75) is 6.92 Å². The molecule has 2 nitrogen and oxygen atoms in total. The number of benzene rings is 1. The molecule has 0 aliphatic rings. The van der Waals surface area contributed by atoms with Gasteiger partial charge in [-0.1, -0.05) is 27.5 Å². The molecule has 1 heterocycles. The van der Waals surface area contributed by atoms with Crippen molar-refractivity contribution >= 4 is 27.5 Å². The van der Waals surface area contributed by atoms with Gasteiger partial charge in [0.1, 0.15) is 5.82 Å². The normalized spacial score (nSPS) is 10.5. The van der Waals surface area contributed by atoms with Crippen molar-refractivity contribution in [2.24, 2.45) is 0 Å². The molecule has 0 spiro atoms. The van der Waals surface area contributed by atoms with E-state index in [4.69, 9.17) is 11.6 Å². The van der Waals surface area contributed by atoms with Crippen LogP contribution in [0, 0.1) is 6.92 Å². The van der Waals surface area contributed by atoms with E-state index in [9.17, 15) is 0 Å². The molecule has 0 atom stereocenters. The number of nitrogens with zero attached hydrogens (tertiary/aromatic N) is 1. The van der Waals surface area contributed by atoms with Crippen LogP contribution >= 0.6 is 27.5 Å². The fourth-order valence-corrected chi connectivity index (χ4v) is 1.80. The molecule has 0 fully saturated rings. The number of halogens is 2. The summed E-state index contributed by atoms with van der Waals surface area (Å²) in [6.45, 7) is 1.96. The Morgan fingerprint density at radius 1 is 1.43 bits per heavy atom. The smallest absolute Gasteiger partial charge is 0.139 e. The summed E-state index contributed by atoms with van der Waals surface area (Å²) < 4.78 is 0.992. The molecular weight excluding hydrogens is 263 g/mol. The van der Waals surface area contributed by atoms with Crippen LogP contribution in [0.15, 0.2) is 28.9 Å². The number of rotatable bonds is 1. The summed E-state index contributed by atoms with van der Waals surface area (Å²) in [6, 6.07) is 5.70. The summed E-state index contributed by atoms with van der Waals surface area (Å²) in [5.41, 5.74) is 1.94. The number of hydrogen-bond donors (Lipinski definition) is 1. The van der Waals surface area contributed by atoms with E-state index < -0.39 is 0 Å². The fraction of sp³-hybridized carbons (Fsp3) is 0.100. The van der Waals surface area contributed by atoms with Gasteiger partial charge in [0, 0.05) is 21.9 Å². The largest absolute Gasteiger partial charge is 0.342 e. The highest BCUT2D eigenvalue weighted by atomic mass is 79.9. The second kappa shape index (κ2) is 3.75. The van der Waals surface area contributed by atoms with Crippen LogP contribution in [-0.4, -0.2) is 9.97 Å². The summed E-state index contributed by atoms with van der Waals surface area (Å²) in [5, 5.41) is 0.697. The number of nitrogens with one attached hydrogen (secondary N) is 1. The number of H-pyrrole nitrogens is 1. The summed E-state index contributed by atoms with van der Waals surface area (Å²) in [6.07, 6.45) is 1.78. The number of hydrogen-bond acceptors (Lipinski definition) is 1. The molecule has 4 heteroatoms. The Kier molecular flexibility index (Phi) is 2.61. The minimum Gasteiger partial charge on any atom is -0.342 e. The molecule has 2 rings (SSSR count). The SMILES string of the molecule is Cc1cnc(-c2cc(Br)ccc2Cl)[nH]1. The average molecular weight is 272 g/mol. The molecule has 0 saturated carbocycles. The average Bonchev–Trinajstić information content (AvgIpc) is 2.56. The fourth-order valence-electron chi connectivity index (χ4n) is 1.23. The minimum atomic E-state index is 0.697. The molecule has 2 aromatic rings. The Bertz CT molecular complexity index is 465. The van der Waals surface area contributed by atoms with Crippen LogP contribution in [0.3, 0.4) is 0 Å². The van der Waals surface area contributed by atoms with Crippen molar-refractivity contribution < 1.29 is 0 Å². The number of aromatic amines is 1. The van der Waals surface area contributed by atoms with Gasteiger partial charge in [-0.15, -0.1) is 0 Å². The molecule has 0 aliphatic carbocycles. The first-order valence-electron chi connectivity index (χ1n) is 4.14. The molecular formula is C10H8BrClN2. The number of aryl methyl sites for hydroxylation is 1. The Balaban J connectivity index is 2.55. The predicted molar refractivity (Wildman–Crippen MR) is 61.5 cm³/mol. The van der Waals surface area contributed by atoms with Gasteiger partial charge in [0.05, 0.1) is 5.02 Å². The zero-order valence-electron chi connectivity index (χ0n) is 7.51. The van der Waals surface area contributed by atoms with E-state index in [-0.39, 0.29) is 0 Å². The molecule has 72 valence electrons. The Morgan fingerprint density at radius 2 is 2.21 bits per heavy atom. The Labute approximate surface area is 95.5 Å². The molecule has 14 heavy (non-hydrogen) atoms. The van der Waals surface area contributed by atoms with E-state index in [0.717, 1.165) is 21.6 Å². The highest BCUT2D eigenvalue weighted by Gasteiger charge is 2.06. The van der Waals surface area contributed by atoms with Crippen LogP contribution in [0.1, 0.15) is 5.69 Å². The minimum absolute atomic E-state index is 0.697. The Hall–Kier alpha value is -0.800. The van der Waals surface area contributed by atoms with Gasteiger partial charge in [0.25, 0.3) is 0 Å². The molecule has 1 aromatic carbocycles. The summed E-state index contributed by atoms with van der Waals surface area (Å²) in [7, 11) is 0. The second-order valence-corrected chi connectivity index (χ2v) is 4.36. The predicted octanol–water partition coefficient (Wildman–Crippen LogP) is 3.80. The van der Waals surface area contributed by atoms with Crippen LogP contribution in [0.2, 0.25) is 5.02 Å². The van der Waals surface area contributed by atoms with E-state index in [1.54, 1.807) is 6.20 Å². The van der Waals surface area contributed by atoms with Crippen molar-refractivity contribution in [3.63, 3.8) is 0 Å². The molecule has 0 bridgehead atoms. The monoisotopic (exact) mass is 270 g/mol. The summed E-state index contributed by atoms with van der Waals surface area (Å²) >= 11 is 9.46. The number of aromatic nitrogens is 2. The lowest BCUT2D eigenvalue weighted by molar-refractivity contribution is 1.25. The lowest BCUT2D eigenvalue weighted by atomic mass is 10.2. The lowest BCUT2D eigenvalue weighted by Crippen LogP contribution is -1.82. The zero-order valence-corrected chi connectivity index (χ0v) is 9.85. The van der Waals surface area contributed by atoms with Crippen molar-refractivity contribution in [1.82, 2.24) is 9.97 Å². The third-order valence-corrected chi connectivity index (χ3v) is 2.71. The molecule has 0 aliphatic heterocycles. The molecule has 0 radical (unpaired) electrons. The van der Waals surface area contributed by atoms with Gasteiger partial charge in [0.2, 0.25) is 0 Å². The first kappa shape index (κ1) is 9.74. The number of imidazole rings is 1. The molecule has 0 unspecified atom stereocenters. The third kappa shape index (κ3) is 1.83. The molecule has 1 aromatic heterocycles. The van der Waals surface area contributed by atoms with Crippen LogP contribution in [0.5, 0.6) is 0 Å². The zero-order chi connectivity index (χ0) is 10.1. The maximum absolute atomic E-state index is 6.06. The maximum Gasteiger partial charge on any atom is 0.139 e. The standard InChI is InChI=1S/C10H8BrClN2/c1-6-5-13-10(14-6)8-4-7(11)2-3-9(8)12/h2-5H,1H3,(H,13,14). The Morgan fingerprint density at radius 3 is 2.86 bits per heavy atom. The topological polar surface area (TPSA) is 28.7 Å². The van der Waals surface area contributed by atoms with Crippen molar-refractivity contribution in [3.8, 4) is 11.4 Å². The van der Waals surface area contributed by atoms with Gasteiger partial charge in [0.15, 0.2) is 0 Å². The van der Waals surface area contributed by atoms with Crippen molar-refractivity contribution in [2.75, 3.05) is 0 Å². The maximum atomic E-state index is 6.06. The summed E-state index contributed by atoms with van der Waals surface area (Å²) in [5.74, 6) is 0.800. The first-order valence-corrected chi connectivity index (χ1v) is 5.31. The molecule has 0 amide bonds. The highest BCUT2D eigenvalue weighted by molar-refractivity contribution is 9.10. The van der Waals surface area contributed by atoms with Crippen LogP contribution in [0.4, 0.5) is 0 Å². The van der Waals surface area contributed by atoms with E-state index in [2.05, 4.69) is 25.9 Å². The molecule has 0 saturated heterocycles. The van der Waals surface area contributed by atoms with E-state index in [0.29, 0.717) is 5.02 Å². The van der Waals surface area contributed by atoms with Gasteiger partial charge in [-0.2, -0.15) is 0 Å². The first-order chi connectivity index (χ1) is 6.66. The quantitative estimate of drug-likeness (QED) is 0.839. The van der Waals surface area contributed by atoms with Gasteiger partial charge in [-0.25, -0.2) is 4.98 Å². The van der Waals surface area contributed by atoms with Gasteiger partial charge >= 0.3 is 0 Å². The van der Waals surface area contributed by atoms with E-state index >= 15 is 0 Å². The highest BCUT2D eigenvalue weighted by Crippen LogP contribution is 2.28. The van der Waals surface area contributed by atoms with Crippen molar-refractivity contribution in [1.29, 1.82) is 0 Å². The lowest BCUT2D eigenvalue weighted by Gasteiger charge is -2.00. The molecule has 1 N–H and O–H groups in total. The second-order valence-electron chi connectivity index (χ2n) is 3.04. The van der Waals surface area contributed by atoms with Gasteiger partial charge in [-0.05, 0) is 25.1 Å². The van der Waals surface area contributed by atoms with E-state index in [1.807, 2.05) is 25.1 Å².